The highest BCUT2D eigenvalue weighted by molar-refractivity contribution is 5.93. The molecule has 1 aromatic carbocycles. The number of pyridine rings is 1. The lowest BCUT2D eigenvalue weighted by Crippen LogP contribution is -2.26. The molecule has 1 saturated heterocycles. The van der Waals surface area contributed by atoms with Gasteiger partial charge in [0.05, 0.1) is 25.9 Å². The van der Waals surface area contributed by atoms with Crippen molar-refractivity contribution in [1.82, 2.24) is 10.3 Å². The molecule has 2 aromatic rings. The predicted molar refractivity (Wildman–Crippen MR) is 92.9 cm³/mol. The molecule has 1 fully saturated rings. The molecule has 0 aliphatic carbocycles. The molecular formula is C19H22N2O4. The topological polar surface area (TPSA) is 69.7 Å². The number of aromatic nitrogens is 1. The lowest BCUT2D eigenvalue weighted by molar-refractivity contribution is 0.0237. The van der Waals surface area contributed by atoms with Crippen molar-refractivity contribution in [2.75, 3.05) is 20.3 Å². The zero-order valence-electron chi connectivity index (χ0n) is 14.2. The first-order chi connectivity index (χ1) is 12.3. The van der Waals surface area contributed by atoms with E-state index in [2.05, 4.69) is 10.3 Å². The van der Waals surface area contributed by atoms with Crippen LogP contribution in [-0.4, -0.2) is 37.3 Å². The number of amides is 1. The number of hydrogen-bond acceptors (Lipinski definition) is 5. The molecule has 0 atom stereocenters. The van der Waals surface area contributed by atoms with E-state index in [0.29, 0.717) is 31.2 Å². The van der Waals surface area contributed by atoms with Gasteiger partial charge in [-0.15, -0.1) is 0 Å². The number of nitrogens with zero attached hydrogens (tertiary/aromatic N) is 1. The van der Waals surface area contributed by atoms with Crippen LogP contribution in [0.25, 0.3) is 0 Å². The second kappa shape index (κ2) is 8.48. The molecule has 1 aromatic heterocycles. The summed E-state index contributed by atoms with van der Waals surface area (Å²) >= 11 is 0. The highest BCUT2D eigenvalue weighted by Gasteiger charge is 2.16. The quantitative estimate of drug-likeness (QED) is 0.874. The van der Waals surface area contributed by atoms with E-state index in [0.717, 1.165) is 24.2 Å². The Kier molecular flexibility index (Phi) is 5.85. The van der Waals surface area contributed by atoms with Crippen molar-refractivity contribution in [3.63, 3.8) is 0 Å². The fourth-order valence-electron chi connectivity index (χ4n) is 2.68. The average Bonchev–Trinajstić information content (AvgIpc) is 2.67. The van der Waals surface area contributed by atoms with E-state index in [1.807, 2.05) is 24.3 Å². The molecule has 132 valence electrons. The van der Waals surface area contributed by atoms with Crippen molar-refractivity contribution in [1.29, 1.82) is 0 Å². The summed E-state index contributed by atoms with van der Waals surface area (Å²) < 4.78 is 16.4. The van der Waals surface area contributed by atoms with Crippen molar-refractivity contribution in [3.05, 3.63) is 53.7 Å². The number of rotatable bonds is 6. The number of carbonyl (C=O) groups is 1. The predicted octanol–water partition coefficient (Wildman–Crippen LogP) is 2.58. The molecule has 1 amide bonds. The van der Waals surface area contributed by atoms with Gasteiger partial charge in [0, 0.05) is 37.2 Å². The Morgan fingerprint density at radius 2 is 2.04 bits per heavy atom. The number of para-hydroxylation sites is 1. The molecule has 0 radical (unpaired) electrons. The molecular weight excluding hydrogens is 320 g/mol. The van der Waals surface area contributed by atoms with Gasteiger partial charge in [-0.05, 0) is 12.1 Å². The molecule has 1 aliphatic rings. The minimum absolute atomic E-state index is 0.131. The van der Waals surface area contributed by atoms with Crippen molar-refractivity contribution in [3.8, 4) is 11.6 Å². The van der Waals surface area contributed by atoms with Crippen LogP contribution < -0.4 is 14.8 Å². The third-order valence-electron chi connectivity index (χ3n) is 4.09. The van der Waals surface area contributed by atoms with E-state index < -0.39 is 0 Å². The fourth-order valence-corrected chi connectivity index (χ4v) is 2.68. The molecule has 0 spiro atoms. The van der Waals surface area contributed by atoms with Crippen LogP contribution in [0.4, 0.5) is 0 Å². The molecule has 1 aliphatic heterocycles. The number of carbonyl (C=O) groups excluding carboxylic acids is 1. The van der Waals surface area contributed by atoms with Gasteiger partial charge in [0.1, 0.15) is 11.9 Å². The normalized spacial score (nSPS) is 14.8. The maximum absolute atomic E-state index is 12.3. The average molecular weight is 342 g/mol. The molecule has 0 unspecified atom stereocenters. The van der Waals surface area contributed by atoms with Crippen LogP contribution in [0.5, 0.6) is 11.6 Å². The molecule has 6 heteroatoms. The van der Waals surface area contributed by atoms with E-state index in [1.165, 1.54) is 6.20 Å². The zero-order chi connectivity index (χ0) is 17.5. The van der Waals surface area contributed by atoms with Crippen molar-refractivity contribution in [2.45, 2.75) is 25.5 Å². The highest BCUT2D eigenvalue weighted by Crippen LogP contribution is 2.18. The van der Waals surface area contributed by atoms with E-state index >= 15 is 0 Å². The number of methoxy groups -OCH3 is 1. The van der Waals surface area contributed by atoms with E-state index in [1.54, 1.807) is 19.2 Å². The first-order valence-electron chi connectivity index (χ1n) is 8.37. The zero-order valence-corrected chi connectivity index (χ0v) is 14.2. The lowest BCUT2D eigenvalue weighted by Gasteiger charge is -2.22. The minimum Gasteiger partial charge on any atom is -0.496 e. The van der Waals surface area contributed by atoms with Gasteiger partial charge in [-0.2, -0.15) is 0 Å². The van der Waals surface area contributed by atoms with Crippen LogP contribution in [0, 0.1) is 0 Å². The summed E-state index contributed by atoms with van der Waals surface area (Å²) in [6, 6.07) is 11.0. The van der Waals surface area contributed by atoms with E-state index in [-0.39, 0.29) is 12.0 Å². The van der Waals surface area contributed by atoms with Crippen molar-refractivity contribution < 1.29 is 19.0 Å². The Balaban J connectivity index is 1.55. The third-order valence-corrected chi connectivity index (χ3v) is 4.09. The molecule has 6 nitrogen and oxygen atoms in total. The van der Waals surface area contributed by atoms with Crippen LogP contribution in [0.15, 0.2) is 42.6 Å². The van der Waals surface area contributed by atoms with Crippen LogP contribution >= 0.6 is 0 Å². The van der Waals surface area contributed by atoms with Crippen LogP contribution in [0.2, 0.25) is 0 Å². The maximum atomic E-state index is 12.3. The fraction of sp³-hybridized carbons (Fsp3) is 0.368. The number of hydrogen-bond donors (Lipinski definition) is 1. The maximum Gasteiger partial charge on any atom is 0.253 e. The molecule has 0 saturated carbocycles. The highest BCUT2D eigenvalue weighted by atomic mass is 16.5. The van der Waals surface area contributed by atoms with Crippen LogP contribution in [0.3, 0.4) is 0 Å². The largest absolute Gasteiger partial charge is 0.496 e. The SMILES string of the molecule is COc1ccccc1CNC(=O)c1ccc(OC2CCOCC2)nc1. The first kappa shape index (κ1) is 17.2. The van der Waals surface area contributed by atoms with Gasteiger partial charge in [0.2, 0.25) is 5.88 Å². The summed E-state index contributed by atoms with van der Waals surface area (Å²) in [7, 11) is 1.61. The minimum atomic E-state index is -0.184. The van der Waals surface area contributed by atoms with E-state index in [9.17, 15) is 4.79 Å². The Morgan fingerprint density at radius 1 is 1.24 bits per heavy atom. The molecule has 2 heterocycles. The molecule has 1 N–H and O–H groups in total. The number of benzene rings is 1. The number of nitrogens with one attached hydrogen (secondary N) is 1. The monoisotopic (exact) mass is 342 g/mol. The Hall–Kier alpha value is -2.60. The standard InChI is InChI=1S/C19H22N2O4/c1-23-17-5-3-2-4-14(17)12-21-19(22)15-6-7-18(20-13-15)25-16-8-10-24-11-9-16/h2-7,13,16H,8-12H2,1H3,(H,21,22). The van der Waals surface area contributed by atoms with Crippen molar-refractivity contribution in [2.24, 2.45) is 0 Å². The first-order valence-corrected chi connectivity index (χ1v) is 8.37. The van der Waals surface area contributed by atoms with E-state index in [4.69, 9.17) is 14.2 Å². The van der Waals surface area contributed by atoms with Gasteiger partial charge in [-0.25, -0.2) is 4.98 Å². The Bertz CT molecular complexity index is 697. The summed E-state index contributed by atoms with van der Waals surface area (Å²) in [5.74, 6) is 1.10. The lowest BCUT2D eigenvalue weighted by atomic mass is 10.1. The summed E-state index contributed by atoms with van der Waals surface area (Å²) in [6.07, 6.45) is 3.39. The Morgan fingerprint density at radius 3 is 2.76 bits per heavy atom. The summed E-state index contributed by atoms with van der Waals surface area (Å²) in [6.45, 7) is 1.82. The summed E-state index contributed by atoms with van der Waals surface area (Å²) in [5.41, 5.74) is 1.42. The van der Waals surface area contributed by atoms with Crippen LogP contribution in [-0.2, 0) is 11.3 Å². The molecule has 25 heavy (non-hydrogen) atoms. The Labute approximate surface area is 147 Å². The van der Waals surface area contributed by atoms with Gasteiger partial charge in [0.25, 0.3) is 5.91 Å². The van der Waals surface area contributed by atoms with Gasteiger partial charge in [0.15, 0.2) is 0 Å². The van der Waals surface area contributed by atoms with Crippen LogP contribution in [0.1, 0.15) is 28.8 Å². The molecule has 0 bridgehead atoms. The van der Waals surface area contributed by atoms with Gasteiger partial charge in [-0.3, -0.25) is 4.79 Å². The number of ether oxygens (including phenoxy) is 3. The molecule has 3 rings (SSSR count). The summed E-state index contributed by atoms with van der Waals surface area (Å²) in [5, 5.41) is 2.87. The van der Waals surface area contributed by atoms with Gasteiger partial charge < -0.3 is 19.5 Å². The second-order valence-corrected chi connectivity index (χ2v) is 5.81. The second-order valence-electron chi connectivity index (χ2n) is 5.81. The summed E-state index contributed by atoms with van der Waals surface area (Å²) in [4.78, 5) is 16.5. The van der Waals surface area contributed by atoms with Gasteiger partial charge >= 0.3 is 0 Å². The smallest absolute Gasteiger partial charge is 0.253 e. The third kappa shape index (κ3) is 4.70. The van der Waals surface area contributed by atoms with Crippen molar-refractivity contribution >= 4 is 5.91 Å². The van der Waals surface area contributed by atoms with Gasteiger partial charge in [-0.1, -0.05) is 18.2 Å².